The van der Waals surface area contributed by atoms with Crippen LogP contribution in [0.25, 0.3) is 54.9 Å². The third-order valence-corrected chi connectivity index (χ3v) is 13.8. The number of hydrogen-bond donors (Lipinski definition) is 2. The molecule has 9 aromatic rings. The number of hydrogen-bond acceptors (Lipinski definition) is 2. The van der Waals surface area contributed by atoms with E-state index in [0.29, 0.717) is 10.0 Å². The minimum absolute atomic E-state index is 0.220. The Kier molecular flexibility index (Phi) is 8.50. The summed E-state index contributed by atoms with van der Waals surface area (Å²) in [7, 11) is 0. The average molecular weight is 814 g/mol. The van der Waals surface area contributed by atoms with Gasteiger partial charge in [-0.25, -0.2) is 0 Å². The zero-order valence-corrected chi connectivity index (χ0v) is 35.2. The molecule has 2 aliphatic carbocycles. The molecule has 60 heavy (non-hydrogen) atoms. The third kappa shape index (κ3) is 5.85. The van der Waals surface area contributed by atoms with Crippen LogP contribution in [0.3, 0.4) is 0 Å². The second-order valence-electron chi connectivity index (χ2n) is 17.2. The molecule has 11 rings (SSSR count). The van der Waals surface area contributed by atoms with E-state index in [1.54, 1.807) is 0 Å². The van der Waals surface area contributed by atoms with E-state index in [1.807, 2.05) is 48.5 Å². The van der Waals surface area contributed by atoms with Gasteiger partial charge in [-0.1, -0.05) is 153 Å². The van der Waals surface area contributed by atoms with Gasteiger partial charge in [-0.2, -0.15) is 0 Å². The number of rotatable bonds is 7. The number of anilines is 4. The lowest BCUT2D eigenvalue weighted by molar-refractivity contribution is 0.584. The zero-order valence-electron chi connectivity index (χ0n) is 33.7. The van der Waals surface area contributed by atoms with E-state index < -0.39 is 0 Å². The van der Waals surface area contributed by atoms with Crippen LogP contribution in [0.15, 0.2) is 176 Å². The van der Waals surface area contributed by atoms with E-state index >= 15 is 0 Å². The number of benzene rings is 9. The molecule has 0 saturated carbocycles. The Bertz CT molecular complexity index is 3200. The minimum atomic E-state index is -0.302. The van der Waals surface area contributed by atoms with Crippen molar-refractivity contribution in [2.45, 2.75) is 38.0 Å². The Labute approximate surface area is 361 Å². The quantitative estimate of drug-likeness (QED) is 0.167. The molecule has 0 aromatic heterocycles. The summed E-state index contributed by atoms with van der Waals surface area (Å²) in [6, 6.07) is 63.7. The highest BCUT2D eigenvalue weighted by atomic mass is 35.5. The highest BCUT2D eigenvalue weighted by molar-refractivity contribution is 6.33. The first-order valence-electron chi connectivity index (χ1n) is 20.7. The molecule has 4 heteroatoms. The van der Waals surface area contributed by atoms with Crippen LogP contribution in [0.2, 0.25) is 10.0 Å². The molecule has 1 atom stereocenters. The van der Waals surface area contributed by atoms with Crippen LogP contribution >= 0.6 is 23.2 Å². The van der Waals surface area contributed by atoms with Gasteiger partial charge in [0.25, 0.3) is 0 Å². The van der Waals surface area contributed by atoms with Crippen molar-refractivity contribution in [2.75, 3.05) is 10.6 Å². The Hall–Kier alpha value is -6.32. The Morgan fingerprint density at radius 3 is 1.70 bits per heavy atom. The van der Waals surface area contributed by atoms with E-state index in [0.717, 1.165) is 29.2 Å². The predicted octanol–water partition coefficient (Wildman–Crippen LogP) is 16.3. The number of halogens is 2. The lowest BCUT2D eigenvalue weighted by Gasteiger charge is -2.29. The molecule has 1 unspecified atom stereocenters. The van der Waals surface area contributed by atoms with Crippen molar-refractivity contribution in [3.8, 4) is 33.4 Å². The van der Waals surface area contributed by atoms with E-state index in [9.17, 15) is 0 Å². The van der Waals surface area contributed by atoms with Gasteiger partial charge in [0.2, 0.25) is 0 Å². The van der Waals surface area contributed by atoms with Gasteiger partial charge >= 0.3 is 0 Å². The van der Waals surface area contributed by atoms with Crippen LogP contribution in [-0.4, -0.2) is 0 Å². The van der Waals surface area contributed by atoms with E-state index in [4.69, 9.17) is 23.2 Å². The molecular weight excluding hydrogens is 772 g/mol. The van der Waals surface area contributed by atoms with E-state index in [1.165, 1.54) is 82.7 Å². The highest BCUT2D eigenvalue weighted by Crippen LogP contribution is 2.56. The highest BCUT2D eigenvalue weighted by Gasteiger charge is 2.41. The van der Waals surface area contributed by atoms with Crippen LogP contribution in [0.5, 0.6) is 0 Å². The average Bonchev–Trinajstić information content (AvgIpc) is 3.63. The molecule has 0 heterocycles. The van der Waals surface area contributed by atoms with E-state index in [-0.39, 0.29) is 10.8 Å². The SMILES string of the molecule is CC1(C)c2cc(Nc3ccccc3Cl)ccc2-c2c1cc(-c1ccccc1)c1cc(CC3(C)c4cc(Nc5ccccc5Cl)ccc4-c4cc5ccccc5cc43)ccc21. The van der Waals surface area contributed by atoms with Gasteiger partial charge in [-0.05, 0) is 156 Å². The standard InChI is InChI=1S/C56H42Cl2N2/c1-55(2)46-30-38(59-52-19-11-9-17-50(52)57)23-26-42(46)54-41-24-21-34(27-44(41)43(32-49(54)55)35-13-5-4-6-14-35)33-56(3)47-29-37-16-8-7-15-36(37)28-45(47)40-25-22-39(31-48(40)56)60-53-20-12-10-18-51(53)58/h4-32,59-60H,33H2,1-3H3. The molecule has 0 aliphatic heterocycles. The monoisotopic (exact) mass is 812 g/mol. The summed E-state index contributed by atoms with van der Waals surface area (Å²) >= 11 is 13.2. The summed E-state index contributed by atoms with van der Waals surface area (Å²) < 4.78 is 0. The second-order valence-corrected chi connectivity index (χ2v) is 18.0. The summed E-state index contributed by atoms with van der Waals surface area (Å²) in [6.45, 7) is 7.16. The lowest BCUT2D eigenvalue weighted by Crippen LogP contribution is -2.24. The molecule has 0 amide bonds. The first-order chi connectivity index (χ1) is 29.2. The van der Waals surface area contributed by atoms with Gasteiger partial charge in [0, 0.05) is 22.2 Å². The molecule has 0 bridgehead atoms. The molecule has 2 aliphatic rings. The fraction of sp³-hybridized carbons (Fsp3) is 0.107. The summed E-state index contributed by atoms with van der Waals surface area (Å²) in [5, 5.41) is 13.7. The van der Waals surface area contributed by atoms with Gasteiger partial charge in [-0.3, -0.25) is 0 Å². The maximum Gasteiger partial charge on any atom is 0.0640 e. The first-order valence-corrected chi connectivity index (χ1v) is 21.4. The largest absolute Gasteiger partial charge is 0.354 e. The Morgan fingerprint density at radius 1 is 0.433 bits per heavy atom. The van der Waals surface area contributed by atoms with Crippen molar-refractivity contribution >= 4 is 67.5 Å². The van der Waals surface area contributed by atoms with Crippen LogP contribution < -0.4 is 10.6 Å². The molecule has 2 nitrogen and oxygen atoms in total. The summed E-state index contributed by atoms with van der Waals surface area (Å²) in [6.07, 6.45) is 0.835. The van der Waals surface area contributed by atoms with Crippen LogP contribution in [0.1, 0.15) is 48.6 Å². The molecule has 0 radical (unpaired) electrons. The Balaban J connectivity index is 1.07. The molecule has 290 valence electrons. The molecule has 0 saturated heterocycles. The van der Waals surface area contributed by atoms with Crippen molar-refractivity contribution in [1.82, 2.24) is 0 Å². The second kappa shape index (κ2) is 13.9. The number of para-hydroxylation sites is 2. The molecule has 0 fully saturated rings. The first kappa shape index (κ1) is 36.7. The van der Waals surface area contributed by atoms with Crippen molar-refractivity contribution in [2.24, 2.45) is 0 Å². The predicted molar refractivity (Wildman–Crippen MR) is 256 cm³/mol. The fourth-order valence-electron chi connectivity index (χ4n) is 10.1. The summed E-state index contributed by atoms with van der Waals surface area (Å²) in [5.41, 5.74) is 17.7. The van der Waals surface area contributed by atoms with Crippen molar-refractivity contribution in [1.29, 1.82) is 0 Å². The van der Waals surface area contributed by atoms with Gasteiger partial charge in [0.15, 0.2) is 0 Å². The van der Waals surface area contributed by atoms with Crippen LogP contribution in [-0.2, 0) is 17.3 Å². The van der Waals surface area contributed by atoms with Crippen molar-refractivity contribution in [3.63, 3.8) is 0 Å². The van der Waals surface area contributed by atoms with Crippen molar-refractivity contribution < 1.29 is 0 Å². The van der Waals surface area contributed by atoms with Gasteiger partial charge in [0.05, 0.1) is 21.4 Å². The maximum absolute atomic E-state index is 6.64. The summed E-state index contributed by atoms with van der Waals surface area (Å²) in [5.74, 6) is 0. The topological polar surface area (TPSA) is 24.1 Å². The number of nitrogens with one attached hydrogen (secondary N) is 2. The van der Waals surface area contributed by atoms with Crippen LogP contribution in [0, 0.1) is 0 Å². The molecule has 2 N–H and O–H groups in total. The Morgan fingerprint density at radius 2 is 1.02 bits per heavy atom. The number of fused-ring (bicyclic) bond motifs is 9. The molecule has 9 aromatic carbocycles. The zero-order chi connectivity index (χ0) is 40.8. The van der Waals surface area contributed by atoms with Gasteiger partial charge in [0.1, 0.15) is 0 Å². The van der Waals surface area contributed by atoms with E-state index in [2.05, 4.69) is 159 Å². The fourth-order valence-corrected chi connectivity index (χ4v) is 10.5. The van der Waals surface area contributed by atoms with Gasteiger partial charge < -0.3 is 10.6 Å². The normalized spacial score (nSPS) is 15.7. The van der Waals surface area contributed by atoms with Crippen LogP contribution in [0.4, 0.5) is 22.7 Å². The summed E-state index contributed by atoms with van der Waals surface area (Å²) in [4.78, 5) is 0. The molecular formula is C56H42Cl2N2. The lowest BCUT2D eigenvalue weighted by atomic mass is 9.74. The van der Waals surface area contributed by atoms with Gasteiger partial charge in [-0.15, -0.1) is 0 Å². The third-order valence-electron chi connectivity index (χ3n) is 13.2. The van der Waals surface area contributed by atoms with Crippen molar-refractivity contribution in [3.05, 3.63) is 214 Å². The minimum Gasteiger partial charge on any atom is -0.354 e. The smallest absolute Gasteiger partial charge is 0.0640 e. The molecule has 0 spiro atoms. The maximum atomic E-state index is 6.64.